The molecule has 15 nitrogen and oxygen atoms in total. The molecule has 5 aliphatic rings. The van der Waals surface area contributed by atoms with E-state index in [1.54, 1.807) is 26.8 Å². The number of aliphatic hydroxyl groups excluding tert-OH is 1. The summed E-state index contributed by atoms with van der Waals surface area (Å²) in [4.78, 5) is 78.9. The van der Waals surface area contributed by atoms with E-state index in [1.165, 1.54) is 19.5 Å². The van der Waals surface area contributed by atoms with Gasteiger partial charge in [-0.3, -0.25) is 24.0 Å². The van der Waals surface area contributed by atoms with Gasteiger partial charge in [0.2, 0.25) is 6.10 Å². The maximum Gasteiger partial charge on any atom is 0.347 e. The summed E-state index contributed by atoms with van der Waals surface area (Å²) in [5.74, 6) is -9.68. The molecule has 0 spiro atoms. The molecule has 15 heteroatoms. The Kier molecular flexibility index (Phi) is 8.26. The Hall–Kier alpha value is -3.98. The average molecular weight is 705 g/mol. The van der Waals surface area contributed by atoms with E-state index in [0.29, 0.717) is 5.56 Å². The average Bonchev–Trinajstić information content (AvgIpc) is 3.67. The van der Waals surface area contributed by atoms with Gasteiger partial charge in [0.25, 0.3) is 0 Å². The number of hydrogen-bond acceptors (Lipinski definition) is 15. The van der Waals surface area contributed by atoms with Crippen molar-refractivity contribution in [3.8, 4) is 0 Å². The van der Waals surface area contributed by atoms with Crippen LogP contribution in [0, 0.1) is 39.9 Å². The first-order chi connectivity index (χ1) is 23.2. The van der Waals surface area contributed by atoms with Crippen LogP contribution in [0.3, 0.4) is 0 Å². The van der Waals surface area contributed by atoms with Gasteiger partial charge in [-0.05, 0) is 18.9 Å². The van der Waals surface area contributed by atoms with E-state index in [9.17, 15) is 39.0 Å². The Morgan fingerprint density at radius 1 is 0.940 bits per heavy atom. The van der Waals surface area contributed by atoms with E-state index in [4.69, 9.17) is 32.8 Å². The maximum absolute atomic E-state index is 13.7. The zero-order chi connectivity index (χ0) is 36.9. The predicted octanol–water partition coefficient (Wildman–Crippen LogP) is 1.95. The molecule has 1 saturated heterocycles. The molecule has 0 aromatic carbocycles. The molecule has 0 radical (unpaired) electrons. The summed E-state index contributed by atoms with van der Waals surface area (Å²) in [5.41, 5.74) is -7.92. The summed E-state index contributed by atoms with van der Waals surface area (Å²) >= 11 is 0. The first-order valence-corrected chi connectivity index (χ1v) is 16.7. The Morgan fingerprint density at radius 2 is 1.58 bits per heavy atom. The van der Waals surface area contributed by atoms with Crippen molar-refractivity contribution in [1.82, 2.24) is 0 Å². The van der Waals surface area contributed by atoms with Gasteiger partial charge in [0.05, 0.1) is 38.1 Å². The van der Waals surface area contributed by atoms with Crippen molar-refractivity contribution in [2.24, 2.45) is 39.9 Å². The summed E-state index contributed by atoms with van der Waals surface area (Å²) in [7, 11) is 1.11. The zero-order valence-electron chi connectivity index (χ0n) is 29.3. The van der Waals surface area contributed by atoms with Crippen LogP contribution in [0.5, 0.6) is 0 Å². The molecular weight excluding hydrogens is 660 g/mol. The molecule has 14 atom stereocenters. The highest BCUT2D eigenvalue weighted by atomic mass is 16.6. The number of carbonyl (C=O) groups is 6. The first kappa shape index (κ1) is 35.8. The standard InChI is InChI=1S/C35H44O15/c1-15(36)46-25(30(42)44-8)26-31(5)14-34(50-18(4)39)24(28(31)47-16(2)37)29(48-17(3)38)35(43)20-12-23(41)49-27(19-9-10-45-13-19)32(20,6)22(40)11-21(35)33(26,34)7/h9-10,13,20-22,24-29,40,43H,11-12,14H2,1-8H3/t20-,21-,22+,24+,25+,26+,27+,28-,29-,31-,32+,33-,34+,35+/m1/s1. The van der Waals surface area contributed by atoms with Gasteiger partial charge in [-0.1, -0.05) is 20.8 Å². The molecule has 50 heavy (non-hydrogen) atoms. The molecule has 0 unspecified atom stereocenters. The molecular formula is C35H44O15. The molecule has 6 rings (SSSR count). The fourth-order valence-electron chi connectivity index (χ4n) is 11.7. The first-order valence-electron chi connectivity index (χ1n) is 16.7. The SMILES string of the molecule is COC(=O)[C@@H](OC(C)=O)[C@H]1[C@@]2(C)C[C@]3(OC(C)=O)[C@@H]([C@H]2OC(C)=O)[C@@H](OC(C)=O)[C@]2(O)[C@@H]4CC(=O)O[C@@H](c5ccoc5)[C@]4(C)[C@@H](O)C[C@@H]2[C@]13C. The van der Waals surface area contributed by atoms with E-state index >= 15 is 0 Å². The van der Waals surface area contributed by atoms with Gasteiger partial charge in [0, 0.05) is 67.3 Å². The second-order valence-electron chi connectivity index (χ2n) is 15.3. The lowest BCUT2D eigenvalue weighted by molar-refractivity contribution is -0.369. The largest absolute Gasteiger partial charge is 0.472 e. The second kappa shape index (κ2) is 11.5. The minimum atomic E-state index is -2.23. The highest BCUT2D eigenvalue weighted by Crippen LogP contribution is 2.82. The van der Waals surface area contributed by atoms with E-state index in [2.05, 4.69) is 0 Å². The molecule has 1 aromatic rings. The lowest BCUT2D eigenvalue weighted by atomic mass is 9.35. The maximum atomic E-state index is 13.7. The minimum Gasteiger partial charge on any atom is -0.472 e. The Bertz CT molecular complexity index is 1620. The van der Waals surface area contributed by atoms with Crippen LogP contribution < -0.4 is 0 Å². The number of aliphatic hydroxyl groups is 2. The van der Waals surface area contributed by atoms with Crippen molar-refractivity contribution in [2.75, 3.05) is 7.11 Å². The van der Waals surface area contributed by atoms with Crippen LogP contribution in [-0.2, 0) is 57.2 Å². The summed E-state index contributed by atoms with van der Waals surface area (Å²) in [6.45, 7) is 9.61. The molecule has 2 bridgehead atoms. The molecule has 1 aromatic heterocycles. The molecule has 274 valence electrons. The fraction of sp³-hybridized carbons (Fsp3) is 0.714. The van der Waals surface area contributed by atoms with Gasteiger partial charge in [0.15, 0.2) is 0 Å². The molecule has 1 aliphatic heterocycles. The normalized spacial score (nSPS) is 44.5. The summed E-state index contributed by atoms with van der Waals surface area (Å²) in [6, 6.07) is 1.58. The fourth-order valence-corrected chi connectivity index (χ4v) is 11.7. The highest BCUT2D eigenvalue weighted by molar-refractivity contribution is 5.80. The van der Waals surface area contributed by atoms with E-state index < -0.39 is 124 Å². The van der Waals surface area contributed by atoms with Crippen molar-refractivity contribution in [2.45, 2.75) is 109 Å². The highest BCUT2D eigenvalue weighted by Gasteiger charge is 2.92. The van der Waals surface area contributed by atoms with Crippen molar-refractivity contribution >= 4 is 35.8 Å². The Morgan fingerprint density at radius 3 is 2.12 bits per heavy atom. The third-order valence-electron chi connectivity index (χ3n) is 12.9. The van der Waals surface area contributed by atoms with Crippen LogP contribution in [-0.4, -0.2) is 88.8 Å². The number of hydrogen-bond donors (Lipinski definition) is 2. The summed E-state index contributed by atoms with van der Waals surface area (Å²) in [6.07, 6.45) is -4.98. The molecule has 4 aliphatic carbocycles. The quantitative estimate of drug-likeness (QED) is 0.307. The van der Waals surface area contributed by atoms with Gasteiger partial charge in [-0.15, -0.1) is 0 Å². The topological polar surface area (TPSA) is 211 Å². The van der Waals surface area contributed by atoms with Gasteiger partial charge in [-0.2, -0.15) is 0 Å². The zero-order valence-corrected chi connectivity index (χ0v) is 29.3. The van der Waals surface area contributed by atoms with Crippen LogP contribution in [0.4, 0.5) is 0 Å². The number of furan rings is 1. The van der Waals surface area contributed by atoms with Crippen LogP contribution in [0.25, 0.3) is 0 Å². The monoisotopic (exact) mass is 704 g/mol. The third-order valence-corrected chi connectivity index (χ3v) is 12.9. The third kappa shape index (κ3) is 4.47. The van der Waals surface area contributed by atoms with Crippen LogP contribution >= 0.6 is 0 Å². The smallest absolute Gasteiger partial charge is 0.347 e. The van der Waals surface area contributed by atoms with Crippen molar-refractivity contribution in [3.05, 3.63) is 24.2 Å². The number of esters is 6. The summed E-state index contributed by atoms with van der Waals surface area (Å²) in [5, 5.41) is 25.9. The van der Waals surface area contributed by atoms with Crippen LogP contribution in [0.15, 0.2) is 23.0 Å². The molecule has 0 amide bonds. The lowest BCUT2D eigenvalue weighted by Crippen LogP contribution is -2.83. The summed E-state index contributed by atoms with van der Waals surface area (Å²) < 4.78 is 40.4. The van der Waals surface area contributed by atoms with Gasteiger partial charge in [0.1, 0.15) is 29.5 Å². The van der Waals surface area contributed by atoms with Crippen LogP contribution in [0.1, 0.15) is 79.4 Å². The van der Waals surface area contributed by atoms with Gasteiger partial charge in [-0.25, -0.2) is 4.79 Å². The minimum absolute atomic E-state index is 0.0832. The lowest BCUT2D eigenvalue weighted by Gasteiger charge is -2.73. The van der Waals surface area contributed by atoms with E-state index in [-0.39, 0.29) is 12.8 Å². The Balaban J connectivity index is 1.70. The van der Waals surface area contributed by atoms with Gasteiger partial charge >= 0.3 is 35.8 Å². The van der Waals surface area contributed by atoms with Crippen molar-refractivity contribution < 1.29 is 71.8 Å². The molecule has 5 fully saturated rings. The van der Waals surface area contributed by atoms with E-state index in [1.807, 2.05) is 0 Å². The number of carbonyl (C=O) groups excluding carboxylic acids is 6. The number of rotatable bonds is 7. The molecule has 2 heterocycles. The van der Waals surface area contributed by atoms with Crippen LogP contribution in [0.2, 0.25) is 0 Å². The predicted molar refractivity (Wildman–Crippen MR) is 164 cm³/mol. The second-order valence-corrected chi connectivity index (χ2v) is 15.3. The number of cyclic esters (lactones) is 1. The number of methoxy groups -OCH3 is 1. The molecule has 4 saturated carbocycles. The van der Waals surface area contributed by atoms with Crippen molar-refractivity contribution in [1.29, 1.82) is 0 Å². The molecule has 2 N–H and O–H groups in total. The van der Waals surface area contributed by atoms with E-state index in [0.717, 1.165) is 27.9 Å². The number of ether oxygens (including phenoxy) is 6. The Labute approximate surface area is 288 Å². The van der Waals surface area contributed by atoms with Gasteiger partial charge < -0.3 is 43.1 Å². The van der Waals surface area contributed by atoms with Crippen molar-refractivity contribution in [3.63, 3.8) is 0 Å². The number of fused-ring (bicyclic) bond motifs is 5.